The van der Waals surface area contributed by atoms with Crippen molar-refractivity contribution in [3.05, 3.63) is 192 Å². The number of hydrogen-bond donors (Lipinski definition) is 0. The zero-order valence-corrected chi connectivity index (χ0v) is 30.3. The van der Waals surface area contributed by atoms with Gasteiger partial charge in [-0.15, -0.1) is 0 Å². The third kappa shape index (κ3) is 4.61. The first-order valence-electron chi connectivity index (χ1n) is 18.7. The molecule has 0 saturated carbocycles. The summed E-state index contributed by atoms with van der Waals surface area (Å²) in [7, 11) is 0. The van der Waals surface area contributed by atoms with Crippen LogP contribution in [-0.2, 0) is 0 Å². The van der Waals surface area contributed by atoms with Crippen LogP contribution in [0, 0.1) is 29.2 Å². The Morgan fingerprint density at radius 2 is 0.982 bits per heavy atom. The molecule has 3 heterocycles. The number of para-hydroxylation sites is 5. The third-order valence-electron chi connectivity index (χ3n) is 11.3. The second-order valence-corrected chi connectivity index (χ2v) is 14.2. The number of rotatable bonds is 4. The number of hydrogen-bond acceptors (Lipinski definition) is 2. The quantitative estimate of drug-likeness (QED) is 0.170. The summed E-state index contributed by atoms with van der Waals surface area (Å²) in [5.41, 5.74) is 12.4. The van der Waals surface area contributed by atoms with E-state index in [1.54, 1.807) is 0 Å². The molecule has 0 bridgehead atoms. The maximum atomic E-state index is 11.0. The highest BCUT2D eigenvalue weighted by atomic mass is 15.1. The van der Waals surface area contributed by atoms with Gasteiger partial charge in [0, 0.05) is 32.5 Å². The molecule has 0 aliphatic carbocycles. The molecule has 0 atom stereocenters. The summed E-state index contributed by atoms with van der Waals surface area (Å²) in [6, 6.07) is 62.5. The van der Waals surface area contributed by atoms with Gasteiger partial charge in [0.25, 0.3) is 0 Å². The van der Waals surface area contributed by atoms with Crippen LogP contribution >= 0.6 is 0 Å². The van der Waals surface area contributed by atoms with Crippen LogP contribution in [0.5, 0.6) is 0 Å². The molecule has 8 aromatic carbocycles. The topological polar surface area (TPSA) is 66.7 Å². The van der Waals surface area contributed by atoms with Crippen molar-refractivity contribution in [3.8, 4) is 40.3 Å². The highest BCUT2D eigenvalue weighted by Crippen LogP contribution is 2.42. The molecule has 57 heavy (non-hydrogen) atoms. The van der Waals surface area contributed by atoms with Crippen molar-refractivity contribution < 1.29 is 0 Å². The van der Waals surface area contributed by atoms with E-state index in [1.165, 1.54) is 0 Å². The summed E-state index contributed by atoms with van der Waals surface area (Å²) in [5.74, 6) is 0. The molecule has 0 saturated heterocycles. The van der Waals surface area contributed by atoms with Gasteiger partial charge in [0.05, 0.1) is 73.9 Å². The highest BCUT2D eigenvalue weighted by molar-refractivity contribution is 6.15. The standard InChI is InChI=1S/C51H28N6/c1-54-35-23-26-48-42(29-35)39-14-5-9-19-47(39)55(48)44-16-6-2-11-36(44)33-22-25-43(34(28-33)31-53)57-49-24-21-32(30-52)27-41(49)40-15-10-20-50(51(40)57)56-45-17-7-3-12-37(45)38-13-4-8-18-46(38)56/h2-29H. The van der Waals surface area contributed by atoms with Crippen molar-refractivity contribution in [2.45, 2.75) is 0 Å². The predicted molar refractivity (Wildman–Crippen MR) is 231 cm³/mol. The number of nitriles is 2. The maximum absolute atomic E-state index is 11.0. The fourth-order valence-corrected chi connectivity index (χ4v) is 8.92. The molecule has 0 unspecified atom stereocenters. The van der Waals surface area contributed by atoms with E-state index in [4.69, 9.17) is 6.57 Å². The van der Waals surface area contributed by atoms with Gasteiger partial charge >= 0.3 is 0 Å². The molecule has 3 aromatic heterocycles. The number of aromatic nitrogens is 3. The zero-order chi connectivity index (χ0) is 38.2. The highest BCUT2D eigenvalue weighted by Gasteiger charge is 2.23. The zero-order valence-electron chi connectivity index (χ0n) is 30.3. The van der Waals surface area contributed by atoms with Crippen LogP contribution < -0.4 is 0 Å². The molecule has 11 rings (SSSR count). The van der Waals surface area contributed by atoms with Gasteiger partial charge in [-0.1, -0.05) is 97.1 Å². The molecule has 0 fully saturated rings. The summed E-state index contributed by atoms with van der Waals surface area (Å²) in [4.78, 5) is 3.71. The average Bonchev–Trinajstić information content (AvgIpc) is 3.91. The van der Waals surface area contributed by atoms with Gasteiger partial charge in [0.1, 0.15) is 6.07 Å². The Labute approximate surface area is 326 Å². The molecule has 6 nitrogen and oxygen atoms in total. The van der Waals surface area contributed by atoms with Crippen LogP contribution in [0.4, 0.5) is 5.69 Å². The number of fused-ring (bicyclic) bond motifs is 9. The second-order valence-electron chi connectivity index (χ2n) is 14.2. The van der Waals surface area contributed by atoms with Gasteiger partial charge in [0.15, 0.2) is 5.69 Å². The monoisotopic (exact) mass is 724 g/mol. The van der Waals surface area contributed by atoms with Crippen molar-refractivity contribution in [3.63, 3.8) is 0 Å². The van der Waals surface area contributed by atoms with E-state index >= 15 is 0 Å². The lowest BCUT2D eigenvalue weighted by Gasteiger charge is -2.17. The van der Waals surface area contributed by atoms with E-state index in [0.717, 1.165) is 93.6 Å². The molecule has 0 radical (unpaired) electrons. The average molecular weight is 725 g/mol. The fourth-order valence-electron chi connectivity index (χ4n) is 8.92. The van der Waals surface area contributed by atoms with Crippen LogP contribution in [0.1, 0.15) is 11.1 Å². The summed E-state index contributed by atoms with van der Waals surface area (Å²) in [6.45, 7) is 7.65. The van der Waals surface area contributed by atoms with Gasteiger partial charge in [-0.25, -0.2) is 4.85 Å². The van der Waals surface area contributed by atoms with E-state index < -0.39 is 0 Å². The van der Waals surface area contributed by atoms with Gasteiger partial charge in [-0.2, -0.15) is 10.5 Å². The van der Waals surface area contributed by atoms with Crippen molar-refractivity contribution in [1.82, 2.24) is 13.7 Å². The fraction of sp³-hybridized carbons (Fsp3) is 0. The number of nitrogens with zero attached hydrogens (tertiary/aromatic N) is 6. The van der Waals surface area contributed by atoms with Gasteiger partial charge in [-0.3, -0.25) is 0 Å². The first-order chi connectivity index (χ1) is 28.2. The van der Waals surface area contributed by atoms with E-state index in [9.17, 15) is 10.5 Å². The van der Waals surface area contributed by atoms with Crippen LogP contribution in [-0.4, -0.2) is 13.7 Å². The summed E-state index contributed by atoms with van der Waals surface area (Å²) in [6.07, 6.45) is 0. The molecule has 6 heteroatoms. The third-order valence-corrected chi connectivity index (χ3v) is 11.3. The molecule has 0 spiro atoms. The van der Waals surface area contributed by atoms with E-state index in [1.807, 2.05) is 66.7 Å². The number of benzene rings is 8. The van der Waals surface area contributed by atoms with Crippen molar-refractivity contribution in [2.75, 3.05) is 0 Å². The first-order valence-corrected chi connectivity index (χ1v) is 18.7. The predicted octanol–water partition coefficient (Wildman–Crippen LogP) is 12.9. The Balaban J connectivity index is 1.18. The van der Waals surface area contributed by atoms with Crippen molar-refractivity contribution in [1.29, 1.82) is 10.5 Å². The van der Waals surface area contributed by atoms with E-state index in [0.29, 0.717) is 16.8 Å². The van der Waals surface area contributed by atoms with E-state index in [2.05, 4.69) is 134 Å². The van der Waals surface area contributed by atoms with Crippen molar-refractivity contribution in [2.24, 2.45) is 0 Å². The Morgan fingerprint density at radius 3 is 1.68 bits per heavy atom. The molecule has 11 aromatic rings. The summed E-state index contributed by atoms with van der Waals surface area (Å²) in [5, 5.41) is 27.3. The Bertz CT molecular complexity index is 3580. The van der Waals surface area contributed by atoms with E-state index in [-0.39, 0.29) is 0 Å². The van der Waals surface area contributed by atoms with Crippen molar-refractivity contribution >= 4 is 71.1 Å². The first kappa shape index (κ1) is 32.1. The molecular weight excluding hydrogens is 697 g/mol. The van der Waals surface area contributed by atoms with Crippen LogP contribution in [0.25, 0.3) is 98.5 Å². The van der Waals surface area contributed by atoms with Crippen LogP contribution in [0.2, 0.25) is 0 Å². The van der Waals surface area contributed by atoms with Gasteiger partial charge < -0.3 is 13.7 Å². The SMILES string of the molecule is [C-]#[N+]c1ccc2c(c1)c1ccccc1n2-c1ccccc1-c1ccc(-n2c3ccc(C#N)cc3c3cccc(-n4c5ccccc5c5ccccc54)c32)c(C#N)c1. The summed E-state index contributed by atoms with van der Waals surface area (Å²) >= 11 is 0. The molecule has 0 aliphatic rings. The van der Waals surface area contributed by atoms with Gasteiger partial charge in [0.2, 0.25) is 0 Å². The van der Waals surface area contributed by atoms with Crippen LogP contribution in [0.15, 0.2) is 170 Å². The Hall–Kier alpha value is -8.37. The molecule has 0 N–H and O–H groups in total. The minimum atomic E-state index is 0.520. The van der Waals surface area contributed by atoms with Crippen LogP contribution in [0.3, 0.4) is 0 Å². The normalized spacial score (nSPS) is 11.5. The van der Waals surface area contributed by atoms with Gasteiger partial charge in [-0.05, 0) is 83.7 Å². The minimum absolute atomic E-state index is 0.520. The molecule has 0 amide bonds. The molecule has 0 aliphatic heterocycles. The lowest BCUT2D eigenvalue weighted by molar-refractivity contribution is 1.12. The lowest BCUT2D eigenvalue weighted by atomic mass is 10.00. The minimum Gasteiger partial charge on any atom is -0.309 e. The largest absolute Gasteiger partial charge is 0.309 e. The smallest absolute Gasteiger partial charge is 0.188 e. The Morgan fingerprint density at radius 1 is 0.421 bits per heavy atom. The Kier molecular flexibility index (Phi) is 6.95. The molecular formula is C51H28N6. The lowest BCUT2D eigenvalue weighted by Crippen LogP contribution is -2.03. The second kappa shape index (κ2) is 12.3. The molecule has 262 valence electrons. The maximum Gasteiger partial charge on any atom is 0.188 e. The summed E-state index contributed by atoms with van der Waals surface area (Å²) < 4.78 is 6.77.